The first-order valence-electron chi connectivity index (χ1n) is 7.55. The van der Waals surface area contributed by atoms with Gasteiger partial charge in [-0.3, -0.25) is 9.88 Å². The summed E-state index contributed by atoms with van der Waals surface area (Å²) < 4.78 is 0. The molecule has 2 aromatic rings. The van der Waals surface area contributed by atoms with Gasteiger partial charge in [0, 0.05) is 30.6 Å². The lowest BCUT2D eigenvalue weighted by Crippen LogP contribution is -2.43. The molecule has 2 saturated heterocycles. The zero-order valence-electron chi connectivity index (χ0n) is 11.6. The third-order valence-electron chi connectivity index (χ3n) is 5.05. The molecule has 2 fully saturated rings. The quantitative estimate of drug-likeness (QED) is 0.908. The van der Waals surface area contributed by atoms with E-state index in [2.05, 4.69) is 22.0 Å². The molecular weight excluding hydrogens is 248 g/mol. The molecule has 1 aromatic carbocycles. The average Bonchev–Trinajstić information content (AvgIpc) is 3.05. The lowest BCUT2D eigenvalue weighted by molar-refractivity contribution is 0.0143. The highest BCUT2D eigenvalue weighted by Gasteiger charge is 2.47. The highest BCUT2D eigenvalue weighted by atomic mass is 16.3. The largest absolute Gasteiger partial charge is 0.388 e. The van der Waals surface area contributed by atoms with Crippen molar-refractivity contribution in [3.05, 3.63) is 42.1 Å². The van der Waals surface area contributed by atoms with Crippen molar-refractivity contribution >= 4 is 10.9 Å². The summed E-state index contributed by atoms with van der Waals surface area (Å²) in [6.07, 6.45) is 5.87. The lowest BCUT2D eigenvalue weighted by Gasteiger charge is -2.30. The number of hydrogen-bond donors (Lipinski definition) is 1. The molecule has 2 unspecified atom stereocenters. The molecule has 0 amide bonds. The van der Waals surface area contributed by atoms with Crippen LogP contribution in [-0.4, -0.2) is 39.7 Å². The molecule has 2 aliphatic heterocycles. The molecule has 3 nitrogen and oxygen atoms in total. The Labute approximate surface area is 119 Å². The Morgan fingerprint density at radius 2 is 2.15 bits per heavy atom. The van der Waals surface area contributed by atoms with E-state index in [-0.39, 0.29) is 0 Å². The highest BCUT2D eigenvalue weighted by molar-refractivity contribution is 5.81. The van der Waals surface area contributed by atoms with Gasteiger partial charge in [0.05, 0.1) is 11.1 Å². The molecule has 2 atom stereocenters. The number of para-hydroxylation sites is 1. The van der Waals surface area contributed by atoms with Gasteiger partial charge >= 0.3 is 0 Å². The molecule has 0 saturated carbocycles. The standard InChI is InChI=1S/C17H20N2O/c20-17(8-11-19-10-3-6-16(17)19)12-13-7-9-18-15-5-2-1-4-14(13)15/h1-2,4-5,7,9,16,20H,3,6,8,10-12H2. The van der Waals surface area contributed by atoms with E-state index in [1.165, 1.54) is 17.4 Å². The van der Waals surface area contributed by atoms with Gasteiger partial charge in [-0.1, -0.05) is 18.2 Å². The van der Waals surface area contributed by atoms with Gasteiger partial charge in [0.1, 0.15) is 0 Å². The van der Waals surface area contributed by atoms with Crippen molar-refractivity contribution in [1.82, 2.24) is 9.88 Å². The monoisotopic (exact) mass is 268 g/mol. The fourth-order valence-electron chi connectivity index (χ4n) is 4.05. The molecule has 3 heteroatoms. The van der Waals surface area contributed by atoms with Crippen molar-refractivity contribution in [3.8, 4) is 0 Å². The van der Waals surface area contributed by atoms with E-state index < -0.39 is 5.60 Å². The molecule has 104 valence electrons. The Hall–Kier alpha value is -1.45. The van der Waals surface area contributed by atoms with Gasteiger partial charge in [0.25, 0.3) is 0 Å². The Balaban J connectivity index is 1.71. The van der Waals surface area contributed by atoms with E-state index in [1.807, 2.05) is 24.4 Å². The van der Waals surface area contributed by atoms with Gasteiger partial charge in [0.15, 0.2) is 0 Å². The van der Waals surface area contributed by atoms with Crippen LogP contribution in [0.1, 0.15) is 24.8 Å². The van der Waals surface area contributed by atoms with Gasteiger partial charge in [-0.25, -0.2) is 0 Å². The molecule has 0 aliphatic carbocycles. The average molecular weight is 268 g/mol. The zero-order valence-corrected chi connectivity index (χ0v) is 11.6. The van der Waals surface area contributed by atoms with Crippen LogP contribution in [0, 0.1) is 0 Å². The predicted octanol–water partition coefficient (Wildman–Crippen LogP) is 2.38. The van der Waals surface area contributed by atoms with Gasteiger partial charge < -0.3 is 5.11 Å². The number of benzene rings is 1. The smallest absolute Gasteiger partial charge is 0.0854 e. The Bertz CT molecular complexity index is 636. The fourth-order valence-corrected chi connectivity index (χ4v) is 4.05. The minimum Gasteiger partial charge on any atom is -0.388 e. The van der Waals surface area contributed by atoms with E-state index in [4.69, 9.17) is 0 Å². The summed E-state index contributed by atoms with van der Waals surface area (Å²) in [6, 6.07) is 10.6. The molecule has 1 N–H and O–H groups in total. The third kappa shape index (κ3) is 1.85. The van der Waals surface area contributed by atoms with Crippen LogP contribution in [0.4, 0.5) is 0 Å². The maximum Gasteiger partial charge on any atom is 0.0854 e. The fraction of sp³-hybridized carbons (Fsp3) is 0.471. The van der Waals surface area contributed by atoms with Crippen molar-refractivity contribution in [1.29, 1.82) is 0 Å². The highest BCUT2D eigenvalue weighted by Crippen LogP contribution is 2.38. The summed E-state index contributed by atoms with van der Waals surface area (Å²) in [4.78, 5) is 6.88. The summed E-state index contributed by atoms with van der Waals surface area (Å²) in [5, 5.41) is 12.3. The van der Waals surface area contributed by atoms with Crippen LogP contribution in [0.25, 0.3) is 10.9 Å². The number of hydrogen-bond acceptors (Lipinski definition) is 3. The first-order chi connectivity index (χ1) is 9.76. The third-order valence-corrected chi connectivity index (χ3v) is 5.05. The van der Waals surface area contributed by atoms with E-state index in [9.17, 15) is 5.11 Å². The second kappa shape index (κ2) is 4.54. The van der Waals surface area contributed by atoms with E-state index in [0.717, 1.165) is 37.9 Å². The molecule has 0 spiro atoms. The summed E-state index contributed by atoms with van der Waals surface area (Å²) >= 11 is 0. The summed E-state index contributed by atoms with van der Waals surface area (Å²) in [6.45, 7) is 2.20. The number of aliphatic hydroxyl groups is 1. The molecule has 20 heavy (non-hydrogen) atoms. The minimum absolute atomic E-state index is 0.356. The van der Waals surface area contributed by atoms with Crippen LogP contribution in [0.3, 0.4) is 0 Å². The number of aromatic nitrogens is 1. The molecular formula is C17H20N2O. The van der Waals surface area contributed by atoms with Gasteiger partial charge in [-0.15, -0.1) is 0 Å². The Morgan fingerprint density at radius 3 is 3.10 bits per heavy atom. The van der Waals surface area contributed by atoms with Gasteiger partial charge in [-0.05, 0) is 43.5 Å². The Morgan fingerprint density at radius 1 is 1.25 bits per heavy atom. The van der Waals surface area contributed by atoms with Gasteiger partial charge in [-0.2, -0.15) is 0 Å². The molecule has 2 aliphatic rings. The second-order valence-electron chi connectivity index (χ2n) is 6.21. The number of rotatable bonds is 2. The SMILES string of the molecule is OC1(Cc2ccnc3ccccc23)CCN2CCCC21. The van der Waals surface area contributed by atoms with Crippen LogP contribution in [0.15, 0.2) is 36.5 Å². The predicted molar refractivity (Wildman–Crippen MR) is 79.6 cm³/mol. The normalized spacial score (nSPS) is 29.9. The van der Waals surface area contributed by atoms with Crippen LogP contribution in [0.5, 0.6) is 0 Å². The minimum atomic E-state index is -0.555. The molecule has 3 heterocycles. The second-order valence-corrected chi connectivity index (χ2v) is 6.21. The molecule has 0 bridgehead atoms. The van der Waals surface area contributed by atoms with E-state index in [1.54, 1.807) is 0 Å². The van der Waals surface area contributed by atoms with Crippen LogP contribution in [0.2, 0.25) is 0 Å². The van der Waals surface area contributed by atoms with Gasteiger partial charge in [0.2, 0.25) is 0 Å². The maximum atomic E-state index is 11.1. The van der Waals surface area contributed by atoms with Crippen LogP contribution >= 0.6 is 0 Å². The van der Waals surface area contributed by atoms with Crippen molar-refractivity contribution < 1.29 is 5.11 Å². The summed E-state index contributed by atoms with van der Waals surface area (Å²) in [7, 11) is 0. The topological polar surface area (TPSA) is 36.4 Å². The van der Waals surface area contributed by atoms with Crippen LogP contribution < -0.4 is 0 Å². The van der Waals surface area contributed by atoms with Crippen molar-refractivity contribution in [2.24, 2.45) is 0 Å². The number of fused-ring (bicyclic) bond motifs is 2. The van der Waals surface area contributed by atoms with E-state index in [0.29, 0.717) is 6.04 Å². The number of pyridine rings is 1. The van der Waals surface area contributed by atoms with Crippen LogP contribution in [-0.2, 0) is 6.42 Å². The first-order valence-corrected chi connectivity index (χ1v) is 7.55. The maximum absolute atomic E-state index is 11.1. The van der Waals surface area contributed by atoms with Crippen molar-refractivity contribution in [3.63, 3.8) is 0 Å². The molecule has 0 radical (unpaired) electrons. The summed E-state index contributed by atoms with van der Waals surface area (Å²) in [5.74, 6) is 0. The molecule has 4 rings (SSSR count). The molecule has 1 aromatic heterocycles. The van der Waals surface area contributed by atoms with E-state index >= 15 is 0 Å². The Kier molecular flexibility index (Phi) is 2.79. The summed E-state index contributed by atoms with van der Waals surface area (Å²) in [5.41, 5.74) is 1.70. The zero-order chi connectivity index (χ0) is 13.6. The van der Waals surface area contributed by atoms with Crippen molar-refractivity contribution in [2.75, 3.05) is 13.1 Å². The number of nitrogens with zero attached hydrogens (tertiary/aromatic N) is 2. The lowest BCUT2D eigenvalue weighted by atomic mass is 9.85. The van der Waals surface area contributed by atoms with Crippen molar-refractivity contribution in [2.45, 2.75) is 37.3 Å². The first kappa shape index (κ1) is 12.3.